The van der Waals surface area contributed by atoms with E-state index in [0.717, 1.165) is 17.6 Å². The van der Waals surface area contributed by atoms with E-state index in [-0.39, 0.29) is 5.56 Å². The molecule has 0 radical (unpaired) electrons. The van der Waals surface area contributed by atoms with E-state index in [1.807, 2.05) is 26.0 Å². The molecule has 0 atom stereocenters. The van der Waals surface area contributed by atoms with Gasteiger partial charge in [0.1, 0.15) is 0 Å². The fraction of sp³-hybridized carbons (Fsp3) is 0.200. The molecule has 4 nitrogen and oxygen atoms in total. The standard InChI is InChI=1S/C20H21NO3/c1-4-6-15(5-2)8-7-14(3)18-13-21-19(24-18)16-9-11-17(12-10-16)20(22)23/h4,6-13H,5H2,1-3H3,(H,22,23)/b6-4-,14-7+,15-8-. The minimum Gasteiger partial charge on any atom is -0.478 e. The third kappa shape index (κ3) is 4.32. The van der Waals surface area contributed by atoms with E-state index in [1.54, 1.807) is 18.3 Å². The number of oxazole rings is 1. The maximum Gasteiger partial charge on any atom is 0.335 e. The Morgan fingerprint density at radius 1 is 1.25 bits per heavy atom. The van der Waals surface area contributed by atoms with Crippen molar-refractivity contribution in [3.05, 3.63) is 71.7 Å². The summed E-state index contributed by atoms with van der Waals surface area (Å²) in [7, 11) is 0. The summed E-state index contributed by atoms with van der Waals surface area (Å²) in [4.78, 5) is 15.2. The number of rotatable bonds is 6. The lowest BCUT2D eigenvalue weighted by atomic mass is 10.1. The van der Waals surface area contributed by atoms with Crippen molar-refractivity contribution in [3.63, 3.8) is 0 Å². The van der Waals surface area contributed by atoms with Crippen LogP contribution in [0.5, 0.6) is 0 Å². The molecular weight excluding hydrogens is 302 g/mol. The summed E-state index contributed by atoms with van der Waals surface area (Å²) in [6.07, 6.45) is 10.8. The van der Waals surface area contributed by atoms with Gasteiger partial charge in [-0.3, -0.25) is 0 Å². The van der Waals surface area contributed by atoms with Crippen LogP contribution in [0.1, 0.15) is 43.3 Å². The van der Waals surface area contributed by atoms with Gasteiger partial charge in [-0.25, -0.2) is 9.78 Å². The van der Waals surface area contributed by atoms with Crippen LogP contribution in [0.4, 0.5) is 0 Å². The second-order valence-electron chi connectivity index (χ2n) is 5.36. The molecule has 1 aromatic carbocycles. The third-order valence-electron chi connectivity index (χ3n) is 3.61. The first-order valence-corrected chi connectivity index (χ1v) is 7.85. The number of carbonyl (C=O) groups is 1. The molecule has 0 amide bonds. The van der Waals surface area contributed by atoms with Crippen LogP contribution in [0.15, 0.2) is 64.8 Å². The van der Waals surface area contributed by atoms with Gasteiger partial charge in [-0.2, -0.15) is 0 Å². The predicted octanol–water partition coefficient (Wildman–Crippen LogP) is 5.36. The van der Waals surface area contributed by atoms with E-state index in [1.165, 1.54) is 17.7 Å². The Morgan fingerprint density at radius 2 is 1.96 bits per heavy atom. The van der Waals surface area contributed by atoms with E-state index in [0.29, 0.717) is 11.7 Å². The van der Waals surface area contributed by atoms with Crippen LogP contribution in [0.3, 0.4) is 0 Å². The molecule has 1 heterocycles. The molecule has 4 heteroatoms. The van der Waals surface area contributed by atoms with Gasteiger partial charge < -0.3 is 9.52 Å². The SMILES string of the molecule is C\C=C/C(=C\C=C(/C)c1cnc(-c2ccc(C(=O)O)cc2)o1)CC. The lowest BCUT2D eigenvalue weighted by molar-refractivity contribution is 0.0697. The van der Waals surface area contributed by atoms with Gasteiger partial charge in [0, 0.05) is 5.56 Å². The Kier molecular flexibility index (Phi) is 5.90. The normalized spacial score (nSPS) is 12.8. The van der Waals surface area contributed by atoms with Gasteiger partial charge >= 0.3 is 5.97 Å². The molecule has 124 valence electrons. The molecule has 2 rings (SSSR count). The van der Waals surface area contributed by atoms with Crippen LogP contribution >= 0.6 is 0 Å². The fourth-order valence-electron chi connectivity index (χ4n) is 2.16. The molecule has 24 heavy (non-hydrogen) atoms. The molecule has 0 saturated carbocycles. The zero-order valence-electron chi connectivity index (χ0n) is 14.1. The third-order valence-corrected chi connectivity index (χ3v) is 3.61. The Labute approximate surface area is 141 Å². The smallest absolute Gasteiger partial charge is 0.335 e. The van der Waals surface area contributed by atoms with Crippen molar-refractivity contribution in [1.29, 1.82) is 0 Å². The minimum atomic E-state index is -0.951. The summed E-state index contributed by atoms with van der Waals surface area (Å²) in [6, 6.07) is 6.47. The number of carboxylic acids is 1. The van der Waals surface area contributed by atoms with Crippen LogP contribution in [0.25, 0.3) is 17.0 Å². The topological polar surface area (TPSA) is 63.3 Å². The summed E-state index contributed by atoms with van der Waals surface area (Å²) < 4.78 is 5.78. The maximum atomic E-state index is 10.9. The van der Waals surface area contributed by atoms with Crippen molar-refractivity contribution in [2.45, 2.75) is 27.2 Å². The second-order valence-corrected chi connectivity index (χ2v) is 5.36. The summed E-state index contributed by atoms with van der Waals surface area (Å²) in [6.45, 7) is 6.08. The highest BCUT2D eigenvalue weighted by Gasteiger charge is 2.09. The molecule has 0 spiro atoms. The zero-order valence-corrected chi connectivity index (χ0v) is 14.1. The molecule has 1 N–H and O–H groups in total. The lowest BCUT2D eigenvalue weighted by Crippen LogP contribution is -1.94. The largest absolute Gasteiger partial charge is 0.478 e. The van der Waals surface area contributed by atoms with Crippen molar-refractivity contribution in [3.8, 4) is 11.5 Å². The monoisotopic (exact) mass is 323 g/mol. The van der Waals surface area contributed by atoms with Gasteiger partial charge in [0.25, 0.3) is 0 Å². The van der Waals surface area contributed by atoms with Crippen molar-refractivity contribution in [2.24, 2.45) is 0 Å². The highest BCUT2D eigenvalue weighted by molar-refractivity contribution is 5.88. The summed E-state index contributed by atoms with van der Waals surface area (Å²) in [5.74, 6) is 0.218. The lowest BCUT2D eigenvalue weighted by Gasteiger charge is -1.98. The Balaban J connectivity index is 2.22. The van der Waals surface area contributed by atoms with Gasteiger partial charge in [0.15, 0.2) is 5.76 Å². The first-order chi connectivity index (χ1) is 11.5. The average Bonchev–Trinajstić information content (AvgIpc) is 3.08. The van der Waals surface area contributed by atoms with Gasteiger partial charge in [-0.15, -0.1) is 0 Å². The molecule has 0 fully saturated rings. The number of nitrogens with zero attached hydrogens (tertiary/aromatic N) is 1. The van der Waals surface area contributed by atoms with E-state index in [9.17, 15) is 4.79 Å². The van der Waals surface area contributed by atoms with E-state index in [2.05, 4.69) is 24.1 Å². The van der Waals surface area contributed by atoms with Crippen LogP contribution in [-0.2, 0) is 0 Å². The summed E-state index contributed by atoms with van der Waals surface area (Å²) >= 11 is 0. The summed E-state index contributed by atoms with van der Waals surface area (Å²) in [5.41, 5.74) is 3.20. The van der Waals surface area contributed by atoms with Gasteiger partial charge in [0.05, 0.1) is 11.8 Å². The first kappa shape index (κ1) is 17.5. The number of aromatic carboxylic acids is 1. The van der Waals surface area contributed by atoms with Crippen LogP contribution < -0.4 is 0 Å². The number of allylic oxidation sites excluding steroid dienone is 6. The number of carboxylic acid groups (broad SMARTS) is 1. The van der Waals surface area contributed by atoms with Gasteiger partial charge in [-0.1, -0.05) is 31.2 Å². The van der Waals surface area contributed by atoms with E-state index < -0.39 is 5.97 Å². The first-order valence-electron chi connectivity index (χ1n) is 7.85. The molecule has 0 aliphatic rings. The quantitative estimate of drug-likeness (QED) is 0.727. The number of benzene rings is 1. The Morgan fingerprint density at radius 3 is 2.54 bits per heavy atom. The molecule has 0 bridgehead atoms. The Hall–Kier alpha value is -2.88. The Bertz CT molecular complexity index is 793. The molecule has 0 unspecified atom stereocenters. The highest BCUT2D eigenvalue weighted by Crippen LogP contribution is 2.23. The molecular formula is C20H21NO3. The number of hydrogen-bond donors (Lipinski definition) is 1. The van der Waals surface area contributed by atoms with Crippen molar-refractivity contribution >= 4 is 11.5 Å². The number of hydrogen-bond acceptors (Lipinski definition) is 3. The van der Waals surface area contributed by atoms with Crippen LogP contribution in [0.2, 0.25) is 0 Å². The zero-order chi connectivity index (χ0) is 17.5. The predicted molar refractivity (Wildman–Crippen MR) is 95.7 cm³/mol. The van der Waals surface area contributed by atoms with Gasteiger partial charge in [0.2, 0.25) is 5.89 Å². The van der Waals surface area contributed by atoms with Gasteiger partial charge in [-0.05, 0) is 55.7 Å². The van der Waals surface area contributed by atoms with E-state index in [4.69, 9.17) is 9.52 Å². The second kappa shape index (κ2) is 8.11. The summed E-state index contributed by atoms with van der Waals surface area (Å²) in [5, 5.41) is 8.93. The molecule has 0 aliphatic carbocycles. The van der Waals surface area contributed by atoms with Crippen molar-refractivity contribution < 1.29 is 14.3 Å². The van der Waals surface area contributed by atoms with Crippen LogP contribution in [0, 0.1) is 0 Å². The number of aromatic nitrogens is 1. The molecule has 1 aromatic heterocycles. The highest BCUT2D eigenvalue weighted by atomic mass is 16.4. The van der Waals surface area contributed by atoms with Crippen LogP contribution in [-0.4, -0.2) is 16.1 Å². The maximum absolute atomic E-state index is 10.9. The van der Waals surface area contributed by atoms with Crippen molar-refractivity contribution in [1.82, 2.24) is 4.98 Å². The van der Waals surface area contributed by atoms with Crippen molar-refractivity contribution in [2.75, 3.05) is 0 Å². The average molecular weight is 323 g/mol. The molecule has 0 aliphatic heterocycles. The molecule has 2 aromatic rings. The minimum absolute atomic E-state index is 0.239. The fourth-order valence-corrected chi connectivity index (χ4v) is 2.16. The van der Waals surface area contributed by atoms with E-state index >= 15 is 0 Å². The molecule has 0 saturated heterocycles.